The molecular formula is C10H18N4O3. The molecule has 0 aliphatic carbocycles. The summed E-state index contributed by atoms with van der Waals surface area (Å²) in [7, 11) is 3.10. The van der Waals surface area contributed by atoms with Gasteiger partial charge in [-0.1, -0.05) is 0 Å². The highest BCUT2D eigenvalue weighted by Gasteiger charge is 2.24. The summed E-state index contributed by atoms with van der Waals surface area (Å²) in [5, 5.41) is 13.1. The van der Waals surface area contributed by atoms with Gasteiger partial charge in [-0.2, -0.15) is 5.10 Å². The van der Waals surface area contributed by atoms with E-state index in [4.69, 9.17) is 10.8 Å². The Morgan fingerprint density at radius 3 is 2.76 bits per heavy atom. The number of esters is 1. The molecule has 0 saturated carbocycles. The number of anilines is 2. The maximum absolute atomic E-state index is 11.6. The number of nitrogen functional groups attached to an aromatic ring is 1. The number of methoxy groups -OCH3 is 1. The number of rotatable bonds is 5. The molecule has 0 aliphatic rings. The van der Waals surface area contributed by atoms with E-state index in [0.29, 0.717) is 12.4 Å². The Morgan fingerprint density at radius 2 is 2.29 bits per heavy atom. The summed E-state index contributed by atoms with van der Waals surface area (Å²) in [6.45, 7) is 2.76. The monoisotopic (exact) mass is 242 g/mol. The zero-order valence-corrected chi connectivity index (χ0v) is 10.3. The van der Waals surface area contributed by atoms with Gasteiger partial charge in [0.1, 0.15) is 11.4 Å². The Morgan fingerprint density at radius 1 is 1.65 bits per heavy atom. The number of nitrogens with zero attached hydrogens (tertiary/aromatic N) is 3. The molecule has 0 radical (unpaired) electrons. The fraction of sp³-hybridized carbons (Fsp3) is 0.600. The molecule has 3 N–H and O–H groups in total. The molecule has 0 fully saturated rings. The summed E-state index contributed by atoms with van der Waals surface area (Å²) < 4.78 is 6.08. The average molecular weight is 242 g/mol. The van der Waals surface area contributed by atoms with Crippen LogP contribution in [-0.2, 0) is 11.3 Å². The lowest BCUT2D eigenvalue weighted by atomic mass is 10.3. The Labute approximate surface area is 99.8 Å². The zero-order chi connectivity index (χ0) is 13.0. The third kappa shape index (κ3) is 2.50. The fourth-order valence-electron chi connectivity index (χ4n) is 1.44. The molecule has 96 valence electrons. The van der Waals surface area contributed by atoms with Crippen LogP contribution in [0.4, 0.5) is 11.6 Å². The predicted octanol–water partition coefficient (Wildman–Crippen LogP) is -0.300. The lowest BCUT2D eigenvalue weighted by molar-refractivity contribution is 0.0602. The number of aliphatic hydroxyl groups excluding tert-OH is 1. The molecule has 17 heavy (non-hydrogen) atoms. The Balaban J connectivity index is 3.26. The van der Waals surface area contributed by atoms with Crippen molar-refractivity contribution in [3.8, 4) is 0 Å². The molecule has 0 bridgehead atoms. The maximum Gasteiger partial charge on any atom is 0.345 e. The van der Waals surface area contributed by atoms with Crippen molar-refractivity contribution in [1.29, 1.82) is 0 Å². The summed E-state index contributed by atoms with van der Waals surface area (Å²) in [5.41, 5.74) is 6.06. The normalized spacial score (nSPS) is 10.4. The largest absolute Gasteiger partial charge is 0.465 e. The third-order valence-corrected chi connectivity index (χ3v) is 2.51. The Bertz CT molecular complexity index is 403. The number of aromatic nitrogens is 2. The summed E-state index contributed by atoms with van der Waals surface area (Å²) in [6.07, 6.45) is 0. The van der Waals surface area contributed by atoms with E-state index in [2.05, 4.69) is 9.84 Å². The second-order valence-electron chi connectivity index (χ2n) is 3.54. The first-order valence-corrected chi connectivity index (χ1v) is 5.33. The summed E-state index contributed by atoms with van der Waals surface area (Å²) in [4.78, 5) is 13.4. The van der Waals surface area contributed by atoms with Crippen LogP contribution in [-0.4, -0.2) is 48.2 Å². The van der Waals surface area contributed by atoms with Crippen molar-refractivity contribution in [1.82, 2.24) is 9.78 Å². The number of aliphatic hydroxyl groups is 1. The van der Waals surface area contributed by atoms with Crippen molar-refractivity contribution in [3.63, 3.8) is 0 Å². The van der Waals surface area contributed by atoms with Crippen molar-refractivity contribution in [2.45, 2.75) is 13.5 Å². The molecule has 0 saturated heterocycles. The van der Waals surface area contributed by atoms with Crippen LogP contribution >= 0.6 is 0 Å². The van der Waals surface area contributed by atoms with E-state index in [1.54, 1.807) is 11.9 Å². The van der Waals surface area contributed by atoms with Crippen LogP contribution in [0.5, 0.6) is 0 Å². The SMILES string of the molecule is CCN(C)c1nn(CCO)c(N)c1C(=O)OC. The second kappa shape index (κ2) is 5.53. The topological polar surface area (TPSA) is 93.6 Å². The molecule has 0 aromatic carbocycles. The molecule has 0 atom stereocenters. The van der Waals surface area contributed by atoms with Crippen LogP contribution in [0.15, 0.2) is 0 Å². The fourth-order valence-corrected chi connectivity index (χ4v) is 1.44. The molecule has 1 rings (SSSR count). The van der Waals surface area contributed by atoms with Crippen LogP contribution < -0.4 is 10.6 Å². The number of ether oxygens (including phenoxy) is 1. The molecule has 0 unspecified atom stereocenters. The molecule has 1 heterocycles. The number of carbonyl (C=O) groups excluding carboxylic acids is 1. The van der Waals surface area contributed by atoms with Crippen molar-refractivity contribution >= 4 is 17.6 Å². The third-order valence-electron chi connectivity index (χ3n) is 2.51. The van der Waals surface area contributed by atoms with Crippen LogP contribution in [0.1, 0.15) is 17.3 Å². The molecule has 0 amide bonds. The van der Waals surface area contributed by atoms with Gasteiger partial charge in [0.05, 0.1) is 20.3 Å². The summed E-state index contributed by atoms with van der Waals surface area (Å²) >= 11 is 0. The number of hydrogen-bond donors (Lipinski definition) is 2. The molecular weight excluding hydrogens is 224 g/mol. The number of nitrogens with two attached hydrogens (primary N) is 1. The van der Waals surface area contributed by atoms with Gasteiger partial charge in [0.15, 0.2) is 5.82 Å². The molecule has 1 aromatic heterocycles. The van der Waals surface area contributed by atoms with E-state index in [-0.39, 0.29) is 24.5 Å². The zero-order valence-electron chi connectivity index (χ0n) is 10.3. The molecule has 0 aliphatic heterocycles. The molecule has 7 heteroatoms. The summed E-state index contributed by atoms with van der Waals surface area (Å²) in [5.74, 6) is 0.147. The van der Waals surface area contributed by atoms with Gasteiger partial charge in [0.25, 0.3) is 0 Å². The van der Waals surface area contributed by atoms with Gasteiger partial charge in [-0.05, 0) is 6.92 Å². The quantitative estimate of drug-likeness (QED) is 0.688. The number of carbonyl (C=O) groups is 1. The summed E-state index contributed by atoms with van der Waals surface area (Å²) in [6, 6.07) is 0. The van der Waals surface area contributed by atoms with Crippen molar-refractivity contribution in [3.05, 3.63) is 5.56 Å². The average Bonchev–Trinajstić information content (AvgIpc) is 2.65. The van der Waals surface area contributed by atoms with Gasteiger partial charge in [0.2, 0.25) is 0 Å². The predicted molar refractivity (Wildman–Crippen MR) is 64.0 cm³/mol. The maximum atomic E-state index is 11.6. The van der Waals surface area contributed by atoms with E-state index >= 15 is 0 Å². The Kier molecular flexibility index (Phi) is 4.33. The van der Waals surface area contributed by atoms with Gasteiger partial charge in [0, 0.05) is 13.6 Å². The first-order chi connectivity index (χ1) is 8.06. The van der Waals surface area contributed by atoms with Gasteiger partial charge < -0.3 is 20.5 Å². The molecule has 7 nitrogen and oxygen atoms in total. The highest BCUT2D eigenvalue weighted by molar-refractivity contribution is 5.99. The van der Waals surface area contributed by atoms with Crippen LogP contribution in [0.3, 0.4) is 0 Å². The first kappa shape index (κ1) is 13.3. The van der Waals surface area contributed by atoms with Crippen LogP contribution in [0.2, 0.25) is 0 Å². The highest BCUT2D eigenvalue weighted by atomic mass is 16.5. The van der Waals surface area contributed by atoms with Crippen molar-refractivity contribution in [2.24, 2.45) is 0 Å². The minimum Gasteiger partial charge on any atom is -0.465 e. The van der Waals surface area contributed by atoms with E-state index in [0.717, 1.165) is 0 Å². The van der Waals surface area contributed by atoms with E-state index < -0.39 is 5.97 Å². The first-order valence-electron chi connectivity index (χ1n) is 5.33. The minimum atomic E-state index is -0.526. The lowest BCUT2D eigenvalue weighted by Crippen LogP contribution is -2.19. The minimum absolute atomic E-state index is 0.0955. The molecule has 1 aromatic rings. The number of hydrogen-bond acceptors (Lipinski definition) is 6. The van der Waals surface area contributed by atoms with Gasteiger partial charge in [-0.15, -0.1) is 0 Å². The Hall–Kier alpha value is -1.76. The van der Waals surface area contributed by atoms with Crippen molar-refractivity contribution in [2.75, 3.05) is 37.9 Å². The highest BCUT2D eigenvalue weighted by Crippen LogP contribution is 2.25. The van der Waals surface area contributed by atoms with E-state index in [9.17, 15) is 4.79 Å². The smallest absolute Gasteiger partial charge is 0.345 e. The van der Waals surface area contributed by atoms with Crippen LogP contribution in [0, 0.1) is 0 Å². The van der Waals surface area contributed by atoms with Gasteiger partial charge >= 0.3 is 5.97 Å². The van der Waals surface area contributed by atoms with E-state index in [1.165, 1.54) is 11.8 Å². The van der Waals surface area contributed by atoms with Gasteiger partial charge in [-0.3, -0.25) is 0 Å². The second-order valence-corrected chi connectivity index (χ2v) is 3.54. The lowest BCUT2D eigenvalue weighted by Gasteiger charge is -2.14. The van der Waals surface area contributed by atoms with Crippen molar-refractivity contribution < 1.29 is 14.6 Å². The molecule has 0 spiro atoms. The standard InChI is InChI=1S/C10H18N4O3/c1-4-13(2)9-7(10(16)17-3)8(11)14(12-9)5-6-15/h15H,4-6,11H2,1-3H3. The van der Waals surface area contributed by atoms with E-state index in [1.807, 2.05) is 6.92 Å². The van der Waals surface area contributed by atoms with Gasteiger partial charge in [-0.25, -0.2) is 9.48 Å². The van der Waals surface area contributed by atoms with Crippen LogP contribution in [0.25, 0.3) is 0 Å².